The van der Waals surface area contributed by atoms with Crippen molar-refractivity contribution in [3.05, 3.63) is 68.3 Å². The highest BCUT2D eigenvalue weighted by molar-refractivity contribution is 7.99. The number of nitriles is 1. The summed E-state index contributed by atoms with van der Waals surface area (Å²) >= 11 is 1.04. The van der Waals surface area contributed by atoms with E-state index in [1.54, 1.807) is 24.3 Å². The lowest BCUT2D eigenvalue weighted by molar-refractivity contribution is -0.387. The molecule has 0 saturated carbocycles. The van der Waals surface area contributed by atoms with E-state index < -0.39 is 9.85 Å². The molecule has 0 fully saturated rings. The quantitative estimate of drug-likeness (QED) is 0.631. The molecule has 2 aromatic carbocycles. The van der Waals surface area contributed by atoms with Crippen LogP contribution in [0.15, 0.2) is 52.3 Å². The van der Waals surface area contributed by atoms with Gasteiger partial charge >= 0.3 is 0 Å². The number of benzene rings is 2. The molecule has 0 N–H and O–H groups in total. The summed E-state index contributed by atoms with van der Waals surface area (Å²) in [5.41, 5.74) is -0.442. The molecule has 0 spiro atoms. The van der Waals surface area contributed by atoms with Crippen molar-refractivity contribution >= 4 is 23.1 Å². The zero-order valence-electron chi connectivity index (χ0n) is 10.4. The van der Waals surface area contributed by atoms with Gasteiger partial charge in [-0.1, -0.05) is 23.9 Å². The maximum Gasteiger partial charge on any atom is 0.288 e. The van der Waals surface area contributed by atoms with E-state index in [2.05, 4.69) is 0 Å². The van der Waals surface area contributed by atoms with E-state index in [1.807, 2.05) is 0 Å². The third kappa shape index (κ3) is 3.16. The molecule has 0 bridgehead atoms. The summed E-state index contributed by atoms with van der Waals surface area (Å²) in [6.45, 7) is 0. The van der Waals surface area contributed by atoms with Gasteiger partial charge in [0.15, 0.2) is 0 Å². The Balaban J connectivity index is 2.42. The van der Waals surface area contributed by atoms with Gasteiger partial charge < -0.3 is 0 Å². The smallest absolute Gasteiger partial charge is 0.258 e. The average Bonchev–Trinajstić information content (AvgIpc) is 2.47. The Bertz CT molecular complexity index is 770. The molecular formula is C13H7N3O4S. The van der Waals surface area contributed by atoms with Crippen molar-refractivity contribution in [3.8, 4) is 6.07 Å². The van der Waals surface area contributed by atoms with Crippen molar-refractivity contribution in [3.63, 3.8) is 0 Å². The van der Waals surface area contributed by atoms with Crippen molar-refractivity contribution in [1.82, 2.24) is 0 Å². The second-order valence-electron chi connectivity index (χ2n) is 3.87. The molecular weight excluding hydrogens is 294 g/mol. The Morgan fingerprint density at radius 2 is 1.67 bits per heavy atom. The van der Waals surface area contributed by atoms with Crippen LogP contribution in [0.5, 0.6) is 0 Å². The Morgan fingerprint density at radius 1 is 1.00 bits per heavy atom. The Kier molecular flexibility index (Phi) is 4.15. The zero-order valence-corrected chi connectivity index (χ0v) is 11.2. The van der Waals surface area contributed by atoms with E-state index in [1.165, 1.54) is 24.3 Å². The van der Waals surface area contributed by atoms with Crippen molar-refractivity contribution in [1.29, 1.82) is 5.26 Å². The summed E-state index contributed by atoms with van der Waals surface area (Å²) in [6, 6.07) is 11.9. The minimum absolute atomic E-state index is 0.0492. The number of nitro groups is 2. The molecule has 7 nitrogen and oxygen atoms in total. The molecule has 0 radical (unpaired) electrons. The van der Waals surface area contributed by atoms with Crippen molar-refractivity contribution in [2.24, 2.45) is 0 Å². The van der Waals surface area contributed by atoms with Crippen LogP contribution in [0, 0.1) is 31.6 Å². The third-order valence-electron chi connectivity index (χ3n) is 2.58. The first kappa shape index (κ1) is 14.5. The maximum absolute atomic E-state index is 10.9. The number of hydrogen-bond acceptors (Lipinski definition) is 6. The molecule has 0 unspecified atom stereocenters. The predicted octanol–water partition coefficient (Wildman–Crippen LogP) is 3.53. The molecule has 0 aliphatic rings. The third-order valence-corrected chi connectivity index (χ3v) is 3.63. The highest BCUT2D eigenvalue weighted by atomic mass is 32.2. The largest absolute Gasteiger partial charge is 0.288 e. The van der Waals surface area contributed by atoms with Crippen LogP contribution in [0.2, 0.25) is 0 Å². The van der Waals surface area contributed by atoms with E-state index in [0.29, 0.717) is 9.79 Å². The second kappa shape index (κ2) is 6.02. The number of para-hydroxylation sites is 1. The highest BCUT2D eigenvalue weighted by Gasteiger charge is 2.17. The highest BCUT2D eigenvalue weighted by Crippen LogP contribution is 2.36. The van der Waals surface area contributed by atoms with Gasteiger partial charge in [0.1, 0.15) is 11.6 Å². The lowest BCUT2D eigenvalue weighted by Gasteiger charge is -2.03. The molecule has 0 aliphatic carbocycles. The van der Waals surface area contributed by atoms with Crippen molar-refractivity contribution in [2.75, 3.05) is 0 Å². The fourth-order valence-corrected chi connectivity index (χ4v) is 2.60. The van der Waals surface area contributed by atoms with Crippen LogP contribution < -0.4 is 0 Å². The van der Waals surface area contributed by atoms with Gasteiger partial charge in [0.25, 0.3) is 11.4 Å². The number of nitrogens with zero attached hydrogens (tertiary/aromatic N) is 3. The van der Waals surface area contributed by atoms with Gasteiger partial charge in [-0.2, -0.15) is 5.26 Å². The number of rotatable bonds is 4. The Hall–Kier alpha value is -2.92. The molecule has 2 aromatic rings. The first-order valence-corrected chi connectivity index (χ1v) is 6.44. The van der Waals surface area contributed by atoms with Gasteiger partial charge in [0, 0.05) is 17.0 Å². The van der Waals surface area contributed by atoms with Crippen LogP contribution in [0.1, 0.15) is 5.56 Å². The molecule has 8 heteroatoms. The molecule has 0 aliphatic heterocycles. The van der Waals surface area contributed by atoms with E-state index in [0.717, 1.165) is 11.8 Å². The molecule has 0 heterocycles. The summed E-state index contributed by atoms with van der Waals surface area (Å²) in [6.07, 6.45) is 0. The average molecular weight is 301 g/mol. The summed E-state index contributed by atoms with van der Waals surface area (Å²) in [4.78, 5) is 21.5. The van der Waals surface area contributed by atoms with Crippen molar-refractivity contribution < 1.29 is 9.85 Å². The van der Waals surface area contributed by atoms with Crippen LogP contribution in [0.3, 0.4) is 0 Å². The lowest BCUT2D eigenvalue weighted by atomic mass is 10.2. The molecule has 0 saturated heterocycles. The SMILES string of the molecule is N#Cc1ccc(Sc2ccccc2[N+](=O)[O-])cc1[N+](=O)[O-]. The van der Waals surface area contributed by atoms with Gasteiger partial charge in [0.2, 0.25) is 0 Å². The Labute approximate surface area is 123 Å². The number of nitro benzene ring substituents is 2. The van der Waals surface area contributed by atoms with Gasteiger partial charge in [-0.25, -0.2) is 0 Å². The molecule has 0 atom stereocenters. The normalized spacial score (nSPS) is 9.86. The van der Waals surface area contributed by atoms with Crippen LogP contribution in [-0.2, 0) is 0 Å². The lowest BCUT2D eigenvalue weighted by Crippen LogP contribution is -1.93. The molecule has 2 rings (SSSR count). The van der Waals surface area contributed by atoms with Crippen molar-refractivity contribution in [2.45, 2.75) is 9.79 Å². The number of hydrogen-bond donors (Lipinski definition) is 0. The van der Waals surface area contributed by atoms with Gasteiger partial charge in [-0.05, 0) is 18.2 Å². The van der Waals surface area contributed by atoms with Crippen LogP contribution in [0.4, 0.5) is 11.4 Å². The van der Waals surface area contributed by atoms with Crippen LogP contribution in [0.25, 0.3) is 0 Å². The summed E-state index contributed by atoms with van der Waals surface area (Å²) in [5, 5.41) is 30.6. The van der Waals surface area contributed by atoms with Gasteiger partial charge in [-0.3, -0.25) is 20.2 Å². The van der Waals surface area contributed by atoms with E-state index in [4.69, 9.17) is 5.26 Å². The molecule has 104 valence electrons. The first-order valence-electron chi connectivity index (χ1n) is 5.62. The minimum Gasteiger partial charge on any atom is -0.258 e. The summed E-state index contributed by atoms with van der Waals surface area (Å²) in [7, 11) is 0. The fourth-order valence-electron chi connectivity index (χ4n) is 1.64. The predicted molar refractivity (Wildman–Crippen MR) is 75.0 cm³/mol. The minimum atomic E-state index is -0.651. The van der Waals surface area contributed by atoms with Crippen LogP contribution in [-0.4, -0.2) is 9.85 Å². The molecule has 0 aromatic heterocycles. The zero-order chi connectivity index (χ0) is 15.4. The topological polar surface area (TPSA) is 110 Å². The van der Waals surface area contributed by atoms with E-state index in [9.17, 15) is 20.2 Å². The summed E-state index contributed by atoms with van der Waals surface area (Å²) in [5.74, 6) is 0. The fraction of sp³-hybridized carbons (Fsp3) is 0. The van der Waals surface area contributed by atoms with Gasteiger partial charge in [0.05, 0.1) is 14.7 Å². The van der Waals surface area contributed by atoms with Crippen LogP contribution >= 0.6 is 11.8 Å². The maximum atomic E-state index is 10.9. The summed E-state index contributed by atoms with van der Waals surface area (Å²) < 4.78 is 0. The van der Waals surface area contributed by atoms with Gasteiger partial charge in [-0.15, -0.1) is 0 Å². The van der Waals surface area contributed by atoms with E-state index in [-0.39, 0.29) is 16.9 Å². The first-order chi connectivity index (χ1) is 10.0. The standard InChI is InChI=1S/C13H7N3O4S/c14-8-9-5-6-10(7-12(9)16(19)20)21-13-4-2-1-3-11(13)15(17)18/h1-7H. The van der Waals surface area contributed by atoms with E-state index >= 15 is 0 Å². The molecule has 0 amide bonds. The molecule has 21 heavy (non-hydrogen) atoms. The second-order valence-corrected chi connectivity index (χ2v) is 4.99. The Morgan fingerprint density at radius 3 is 2.29 bits per heavy atom. The monoisotopic (exact) mass is 301 g/mol.